The summed E-state index contributed by atoms with van der Waals surface area (Å²) >= 11 is 0. The van der Waals surface area contributed by atoms with E-state index in [9.17, 15) is 4.79 Å². The van der Waals surface area contributed by atoms with Gasteiger partial charge in [0.2, 0.25) is 0 Å². The molecule has 0 aliphatic rings. The van der Waals surface area contributed by atoms with Crippen LogP contribution >= 0.6 is 0 Å². The Morgan fingerprint density at radius 3 is 2.44 bits per heavy atom. The molecule has 0 spiro atoms. The van der Waals surface area contributed by atoms with E-state index in [0.717, 1.165) is 27.8 Å². The molecule has 0 atom stereocenters. The van der Waals surface area contributed by atoms with Gasteiger partial charge in [-0.25, -0.2) is 9.67 Å². The zero-order chi connectivity index (χ0) is 25.2. The number of nitrogens with zero attached hydrogens (tertiary/aromatic N) is 3. The van der Waals surface area contributed by atoms with E-state index in [-0.39, 0.29) is 5.91 Å². The van der Waals surface area contributed by atoms with E-state index in [2.05, 4.69) is 48.5 Å². The van der Waals surface area contributed by atoms with Gasteiger partial charge in [0.05, 0.1) is 47.1 Å². The van der Waals surface area contributed by atoms with E-state index in [1.54, 1.807) is 7.11 Å². The van der Waals surface area contributed by atoms with Crippen molar-refractivity contribution in [2.75, 3.05) is 12.4 Å². The minimum atomic E-state index is -0.228. The summed E-state index contributed by atoms with van der Waals surface area (Å²) in [6.45, 7) is 6.38. The lowest BCUT2D eigenvalue weighted by molar-refractivity contribution is 0.102. The van der Waals surface area contributed by atoms with Gasteiger partial charge in [-0.15, -0.1) is 0 Å². The van der Waals surface area contributed by atoms with Crippen molar-refractivity contribution in [3.63, 3.8) is 0 Å². The molecule has 0 bridgehead atoms. The lowest BCUT2D eigenvalue weighted by atomic mass is 10.0. The predicted molar refractivity (Wildman–Crippen MR) is 144 cm³/mol. The summed E-state index contributed by atoms with van der Waals surface area (Å²) in [5.74, 6) is 0.842. The number of pyridine rings is 1. The monoisotopic (exact) mass is 476 g/mol. The van der Waals surface area contributed by atoms with E-state index < -0.39 is 0 Å². The van der Waals surface area contributed by atoms with Gasteiger partial charge in [-0.2, -0.15) is 5.10 Å². The average molecular weight is 477 g/mol. The fourth-order valence-corrected chi connectivity index (χ4v) is 4.36. The Morgan fingerprint density at radius 2 is 1.69 bits per heavy atom. The smallest absolute Gasteiger partial charge is 0.256 e. The van der Waals surface area contributed by atoms with Crippen LogP contribution in [0.4, 0.5) is 5.69 Å². The van der Waals surface area contributed by atoms with Crippen molar-refractivity contribution in [3.05, 3.63) is 102 Å². The molecule has 0 saturated carbocycles. The second-order valence-electron chi connectivity index (χ2n) is 9.03. The summed E-state index contributed by atoms with van der Waals surface area (Å²) in [5.41, 5.74) is 6.68. The minimum Gasteiger partial charge on any atom is -0.495 e. The largest absolute Gasteiger partial charge is 0.495 e. The second kappa shape index (κ2) is 9.66. The van der Waals surface area contributed by atoms with Crippen LogP contribution in [-0.4, -0.2) is 27.8 Å². The lowest BCUT2D eigenvalue weighted by Gasteiger charge is -2.13. The first-order valence-electron chi connectivity index (χ1n) is 12.0. The zero-order valence-electron chi connectivity index (χ0n) is 20.8. The van der Waals surface area contributed by atoms with Crippen molar-refractivity contribution < 1.29 is 9.53 Å². The molecule has 5 aromatic rings. The number of anilines is 1. The van der Waals surface area contributed by atoms with Gasteiger partial charge in [-0.05, 0) is 54.8 Å². The zero-order valence-corrected chi connectivity index (χ0v) is 20.8. The van der Waals surface area contributed by atoms with E-state index >= 15 is 0 Å². The minimum absolute atomic E-state index is 0.228. The Balaban J connectivity index is 1.56. The fourth-order valence-electron chi connectivity index (χ4n) is 4.36. The summed E-state index contributed by atoms with van der Waals surface area (Å²) in [5, 5.41) is 8.42. The van der Waals surface area contributed by atoms with E-state index in [1.807, 2.05) is 72.4 Å². The molecule has 6 nitrogen and oxygen atoms in total. The third-order valence-corrected chi connectivity index (χ3v) is 6.41. The van der Waals surface area contributed by atoms with Crippen LogP contribution in [0.5, 0.6) is 5.75 Å². The first kappa shape index (κ1) is 23.3. The van der Waals surface area contributed by atoms with Gasteiger partial charge < -0.3 is 10.1 Å². The quantitative estimate of drug-likeness (QED) is 0.293. The van der Waals surface area contributed by atoms with Crippen LogP contribution in [0.15, 0.2) is 85.1 Å². The van der Waals surface area contributed by atoms with E-state index in [4.69, 9.17) is 9.72 Å². The molecule has 3 aromatic carbocycles. The Hall–Kier alpha value is -4.45. The molecule has 0 aliphatic heterocycles. The maximum absolute atomic E-state index is 13.5. The number of fused-ring (bicyclic) bond motifs is 1. The third-order valence-electron chi connectivity index (χ3n) is 6.41. The van der Waals surface area contributed by atoms with Gasteiger partial charge in [0.1, 0.15) is 5.75 Å². The molecular weight excluding hydrogens is 448 g/mol. The van der Waals surface area contributed by atoms with Gasteiger partial charge >= 0.3 is 0 Å². The number of ether oxygens (including phenoxy) is 1. The Labute approximate surface area is 210 Å². The number of amides is 1. The summed E-state index contributed by atoms with van der Waals surface area (Å²) in [4.78, 5) is 18.3. The molecule has 0 fully saturated rings. The van der Waals surface area contributed by atoms with Crippen LogP contribution in [0.2, 0.25) is 0 Å². The van der Waals surface area contributed by atoms with Gasteiger partial charge in [0, 0.05) is 10.9 Å². The summed E-state index contributed by atoms with van der Waals surface area (Å²) in [6.07, 6.45) is 1.81. The Morgan fingerprint density at radius 1 is 0.972 bits per heavy atom. The third kappa shape index (κ3) is 4.33. The molecule has 2 heterocycles. The highest BCUT2D eigenvalue weighted by Crippen LogP contribution is 2.30. The highest BCUT2D eigenvalue weighted by atomic mass is 16.5. The number of hydrogen-bond acceptors (Lipinski definition) is 4. The molecule has 1 N–H and O–H groups in total. The van der Waals surface area contributed by atoms with Crippen LogP contribution < -0.4 is 10.1 Å². The molecule has 0 radical (unpaired) electrons. The topological polar surface area (TPSA) is 69.0 Å². The number of para-hydroxylation sites is 3. The summed E-state index contributed by atoms with van der Waals surface area (Å²) < 4.78 is 7.31. The average Bonchev–Trinajstić information content (AvgIpc) is 3.29. The Kier molecular flexibility index (Phi) is 6.25. The van der Waals surface area contributed by atoms with Gasteiger partial charge in [0.25, 0.3) is 5.91 Å². The highest BCUT2D eigenvalue weighted by molar-refractivity contribution is 6.13. The van der Waals surface area contributed by atoms with Crippen LogP contribution in [0.25, 0.3) is 27.8 Å². The highest BCUT2D eigenvalue weighted by Gasteiger charge is 2.18. The van der Waals surface area contributed by atoms with Gasteiger partial charge in [-0.3, -0.25) is 4.79 Å². The summed E-state index contributed by atoms with van der Waals surface area (Å²) in [7, 11) is 1.59. The molecule has 6 heteroatoms. The number of methoxy groups -OCH3 is 1. The SMILES string of the molecule is COc1ccccc1NC(=O)c1cc(-c2cnn(-c3ccc(C(C)C)cc3)c2C)nc2ccccc12. The number of aromatic nitrogens is 3. The maximum atomic E-state index is 13.5. The normalized spacial score (nSPS) is 11.1. The molecule has 36 heavy (non-hydrogen) atoms. The van der Waals surface area contributed by atoms with Crippen molar-refractivity contribution in [1.82, 2.24) is 14.8 Å². The molecule has 180 valence electrons. The van der Waals surface area contributed by atoms with E-state index in [0.29, 0.717) is 28.6 Å². The number of carbonyl (C=O) groups is 1. The number of carbonyl (C=O) groups excluding carboxylic acids is 1. The number of rotatable bonds is 6. The van der Waals surface area contributed by atoms with Crippen molar-refractivity contribution >= 4 is 22.5 Å². The molecule has 0 saturated heterocycles. The number of nitrogens with one attached hydrogen (secondary N) is 1. The number of hydrogen-bond donors (Lipinski definition) is 1. The molecular formula is C30H28N4O2. The number of benzene rings is 3. The van der Waals surface area contributed by atoms with Crippen LogP contribution in [-0.2, 0) is 0 Å². The molecule has 0 aliphatic carbocycles. The van der Waals surface area contributed by atoms with Crippen molar-refractivity contribution in [1.29, 1.82) is 0 Å². The molecule has 1 amide bonds. The predicted octanol–water partition coefficient (Wildman–Crippen LogP) is 6.78. The Bertz CT molecular complexity index is 1550. The maximum Gasteiger partial charge on any atom is 0.256 e. The standard InChI is InChI=1S/C30H28N4O2/c1-19(2)21-13-15-22(16-14-21)34-20(3)25(18-31-34)28-17-24(23-9-5-6-10-26(23)32-28)30(35)33-27-11-7-8-12-29(27)36-4/h5-19H,1-4H3,(H,33,35). The van der Waals surface area contributed by atoms with Crippen LogP contribution in [0, 0.1) is 6.92 Å². The van der Waals surface area contributed by atoms with Crippen molar-refractivity contribution in [2.24, 2.45) is 0 Å². The lowest BCUT2D eigenvalue weighted by Crippen LogP contribution is -2.13. The van der Waals surface area contributed by atoms with Gasteiger partial charge in [-0.1, -0.05) is 56.3 Å². The van der Waals surface area contributed by atoms with Gasteiger partial charge in [0.15, 0.2) is 0 Å². The van der Waals surface area contributed by atoms with Crippen LogP contribution in [0.1, 0.15) is 41.4 Å². The molecule has 0 unspecified atom stereocenters. The van der Waals surface area contributed by atoms with Crippen LogP contribution in [0.3, 0.4) is 0 Å². The summed E-state index contributed by atoms with van der Waals surface area (Å²) in [6, 6.07) is 25.3. The van der Waals surface area contributed by atoms with Crippen molar-refractivity contribution in [3.8, 4) is 22.7 Å². The first-order chi connectivity index (χ1) is 17.5. The molecule has 5 rings (SSSR count). The van der Waals surface area contributed by atoms with E-state index in [1.165, 1.54) is 5.56 Å². The fraction of sp³-hybridized carbons (Fsp3) is 0.167. The second-order valence-corrected chi connectivity index (χ2v) is 9.03. The molecule has 2 aromatic heterocycles. The first-order valence-corrected chi connectivity index (χ1v) is 12.0. The van der Waals surface area contributed by atoms with Crippen molar-refractivity contribution in [2.45, 2.75) is 26.7 Å².